The summed E-state index contributed by atoms with van der Waals surface area (Å²) in [5, 5.41) is 2.21. The van der Waals surface area contributed by atoms with E-state index >= 15 is 0 Å². The number of imide groups is 2. The third kappa shape index (κ3) is 1.07. The highest BCUT2D eigenvalue weighted by Crippen LogP contribution is 2.64. The number of carbonyl (C=O) groups excluding carboxylic acids is 4. The zero-order valence-corrected chi connectivity index (χ0v) is 13.1. The highest BCUT2D eigenvalue weighted by Gasteiger charge is 2.85. The Morgan fingerprint density at radius 3 is 2.16 bits per heavy atom. The van der Waals surface area contributed by atoms with Gasteiger partial charge >= 0.3 is 6.03 Å². The van der Waals surface area contributed by atoms with Gasteiger partial charge in [-0.15, -0.1) is 0 Å². The maximum absolute atomic E-state index is 12.2. The van der Waals surface area contributed by atoms with E-state index in [0.717, 1.165) is 4.90 Å². The Balaban J connectivity index is 2.17. The van der Waals surface area contributed by atoms with E-state index < -0.39 is 44.4 Å². The van der Waals surface area contributed by atoms with Gasteiger partial charge in [0.2, 0.25) is 17.7 Å². The van der Waals surface area contributed by atoms with Gasteiger partial charge in [0.15, 0.2) is 4.32 Å². The molecule has 19 heavy (non-hydrogen) atoms. The number of nitrogens with zero attached hydrogens (tertiary/aromatic N) is 2. The summed E-state index contributed by atoms with van der Waals surface area (Å²) in [5.41, 5.74) is 0. The molecule has 0 radical (unpaired) electrons. The maximum atomic E-state index is 12.2. The van der Waals surface area contributed by atoms with Crippen molar-refractivity contribution in [1.82, 2.24) is 15.1 Å². The van der Waals surface area contributed by atoms with Gasteiger partial charge in [0, 0.05) is 14.1 Å². The number of halogens is 2. The predicted octanol–water partition coefficient (Wildman–Crippen LogP) is -0.568. The molecule has 9 heteroatoms. The Bertz CT molecular complexity index is 567. The Hall–Kier alpha value is -0.960. The number of amides is 5. The van der Waals surface area contributed by atoms with Crippen LogP contribution in [0.5, 0.6) is 0 Å². The molecule has 7 nitrogen and oxygen atoms in total. The molecular formula is C10H9Br2N3O4. The van der Waals surface area contributed by atoms with E-state index in [-0.39, 0.29) is 0 Å². The molecule has 1 N–H and O–H groups in total. The Morgan fingerprint density at radius 2 is 1.58 bits per heavy atom. The van der Waals surface area contributed by atoms with Crippen molar-refractivity contribution in [2.24, 2.45) is 5.92 Å². The molecule has 0 unspecified atom stereocenters. The third-order valence-corrected chi connectivity index (χ3v) is 7.64. The summed E-state index contributed by atoms with van der Waals surface area (Å²) in [4.78, 5) is 50.4. The summed E-state index contributed by atoms with van der Waals surface area (Å²) in [7, 11) is 2.87. The molecular weight excluding hydrogens is 386 g/mol. The van der Waals surface area contributed by atoms with Crippen LogP contribution in [0.25, 0.3) is 0 Å². The number of hydrogen-bond donors (Lipinski definition) is 1. The molecule has 1 aliphatic carbocycles. The second-order valence-corrected chi connectivity index (χ2v) is 7.42. The first-order valence-corrected chi connectivity index (χ1v) is 7.05. The summed E-state index contributed by atoms with van der Waals surface area (Å²) in [6, 6.07) is -1.18. The lowest BCUT2D eigenvalue weighted by Crippen LogP contribution is -2.84. The van der Waals surface area contributed by atoms with E-state index in [1.807, 2.05) is 0 Å². The van der Waals surface area contributed by atoms with Crippen LogP contribution in [0.15, 0.2) is 0 Å². The lowest BCUT2D eigenvalue weighted by molar-refractivity contribution is -0.152. The topological polar surface area (TPSA) is 86.8 Å². The minimum Gasteiger partial charge on any atom is -0.321 e. The van der Waals surface area contributed by atoms with Crippen LogP contribution in [0, 0.1) is 5.92 Å². The molecule has 1 saturated carbocycles. The molecule has 0 spiro atoms. The second kappa shape index (κ2) is 3.38. The number of nitrogens with one attached hydrogen (secondary N) is 1. The van der Waals surface area contributed by atoms with E-state index in [4.69, 9.17) is 0 Å². The number of fused-ring (bicyclic) bond motifs is 4. The van der Waals surface area contributed by atoms with E-state index in [1.54, 1.807) is 0 Å². The van der Waals surface area contributed by atoms with E-state index in [1.165, 1.54) is 19.0 Å². The van der Waals surface area contributed by atoms with Crippen LogP contribution in [0.2, 0.25) is 0 Å². The molecule has 5 amide bonds. The number of alkyl halides is 2. The van der Waals surface area contributed by atoms with Crippen LogP contribution in [0.4, 0.5) is 4.79 Å². The summed E-state index contributed by atoms with van der Waals surface area (Å²) in [5.74, 6) is -2.34. The normalized spacial score (nSPS) is 44.8. The average Bonchev–Trinajstić information content (AvgIpc) is 2.49. The number of hydrogen-bond acceptors (Lipinski definition) is 4. The van der Waals surface area contributed by atoms with E-state index in [0.29, 0.717) is 0 Å². The Labute approximate surface area is 124 Å². The summed E-state index contributed by atoms with van der Waals surface area (Å²) in [6.07, 6.45) is 0. The first kappa shape index (κ1) is 13.0. The van der Waals surface area contributed by atoms with Gasteiger partial charge in [0.05, 0.1) is 12.0 Å². The van der Waals surface area contributed by atoms with Gasteiger partial charge in [0.25, 0.3) is 0 Å². The largest absolute Gasteiger partial charge is 0.326 e. The molecule has 2 aliphatic heterocycles. The van der Waals surface area contributed by atoms with Gasteiger partial charge in [-0.2, -0.15) is 0 Å². The molecule has 3 fully saturated rings. The molecule has 102 valence electrons. The summed E-state index contributed by atoms with van der Waals surface area (Å²) >= 11 is 6.52. The number of rotatable bonds is 0. The first-order valence-electron chi connectivity index (χ1n) is 5.47. The SMILES string of the molecule is CN1C(=O)[C@@H]2[C@H](N(C)C1=O)[C@@]1(Br)C(=O)NC(=O)[C@@]21Br. The van der Waals surface area contributed by atoms with Gasteiger partial charge in [-0.25, -0.2) is 4.79 Å². The molecule has 2 saturated heterocycles. The maximum Gasteiger partial charge on any atom is 0.326 e. The monoisotopic (exact) mass is 393 g/mol. The van der Waals surface area contributed by atoms with Gasteiger partial charge in [0.1, 0.15) is 4.32 Å². The minimum absolute atomic E-state index is 0.468. The molecule has 4 atom stereocenters. The van der Waals surface area contributed by atoms with Crippen molar-refractivity contribution in [2.45, 2.75) is 14.7 Å². The summed E-state index contributed by atoms with van der Waals surface area (Å²) < 4.78 is -2.65. The minimum atomic E-state index is -1.35. The molecule has 2 heterocycles. The standard InChI is InChI=1S/C10H9Br2N3O4/c1-14-4-3(5(16)15(2)8(14)19)9(11)6(17)13-7(18)10(4,9)12/h3-4H,1-2H3,(H,13,17,18)/t3-,4-,9-,10+/m0/s1. The smallest absolute Gasteiger partial charge is 0.321 e. The number of carbonyl (C=O) groups is 4. The second-order valence-electron chi connectivity index (χ2n) is 4.92. The molecule has 3 aliphatic rings. The van der Waals surface area contributed by atoms with E-state index in [2.05, 4.69) is 37.2 Å². The van der Waals surface area contributed by atoms with Crippen molar-refractivity contribution in [3.8, 4) is 0 Å². The molecule has 0 aromatic rings. The van der Waals surface area contributed by atoms with Crippen molar-refractivity contribution < 1.29 is 19.2 Å². The van der Waals surface area contributed by atoms with Crippen LogP contribution in [-0.4, -0.2) is 62.3 Å². The lowest BCUT2D eigenvalue weighted by Gasteiger charge is -2.61. The Morgan fingerprint density at radius 1 is 1.05 bits per heavy atom. The zero-order valence-electron chi connectivity index (χ0n) is 9.94. The van der Waals surface area contributed by atoms with Crippen LogP contribution in [0.3, 0.4) is 0 Å². The molecule has 3 rings (SSSR count). The van der Waals surface area contributed by atoms with Gasteiger partial charge in [-0.3, -0.25) is 24.6 Å². The molecule has 0 bridgehead atoms. The fourth-order valence-electron chi connectivity index (χ4n) is 3.14. The number of urea groups is 1. The van der Waals surface area contributed by atoms with Crippen LogP contribution < -0.4 is 5.32 Å². The summed E-state index contributed by atoms with van der Waals surface area (Å²) in [6.45, 7) is 0. The zero-order chi connectivity index (χ0) is 14.3. The molecule has 0 aromatic heterocycles. The van der Waals surface area contributed by atoms with Crippen LogP contribution in [0.1, 0.15) is 0 Å². The highest BCUT2D eigenvalue weighted by atomic mass is 79.9. The van der Waals surface area contributed by atoms with Crippen molar-refractivity contribution in [3.63, 3.8) is 0 Å². The Kier molecular flexibility index (Phi) is 2.32. The average molecular weight is 395 g/mol. The van der Waals surface area contributed by atoms with Crippen molar-refractivity contribution in [1.29, 1.82) is 0 Å². The van der Waals surface area contributed by atoms with E-state index in [9.17, 15) is 19.2 Å². The fourth-order valence-corrected chi connectivity index (χ4v) is 5.19. The third-order valence-electron chi connectivity index (χ3n) is 4.17. The van der Waals surface area contributed by atoms with Gasteiger partial charge < -0.3 is 4.90 Å². The van der Waals surface area contributed by atoms with Crippen molar-refractivity contribution >= 4 is 55.6 Å². The van der Waals surface area contributed by atoms with Crippen LogP contribution >= 0.6 is 31.9 Å². The lowest BCUT2D eigenvalue weighted by atomic mass is 9.59. The van der Waals surface area contributed by atoms with Gasteiger partial charge in [-0.1, -0.05) is 31.9 Å². The van der Waals surface area contributed by atoms with Crippen LogP contribution in [-0.2, 0) is 14.4 Å². The first-order chi connectivity index (χ1) is 8.69. The fraction of sp³-hybridized carbons (Fsp3) is 0.600. The molecule has 0 aromatic carbocycles. The highest BCUT2D eigenvalue weighted by molar-refractivity contribution is 9.13. The quantitative estimate of drug-likeness (QED) is 0.440. The predicted molar refractivity (Wildman–Crippen MR) is 69.7 cm³/mol. The van der Waals surface area contributed by atoms with Gasteiger partial charge in [-0.05, 0) is 0 Å². The van der Waals surface area contributed by atoms with Crippen molar-refractivity contribution in [3.05, 3.63) is 0 Å². The van der Waals surface area contributed by atoms with Crippen molar-refractivity contribution in [2.75, 3.05) is 14.1 Å².